The number of hydrogen-bond acceptors (Lipinski definition) is 4. The maximum Gasteiger partial charge on any atom is 0.195 e. The van der Waals surface area contributed by atoms with Gasteiger partial charge in [0.1, 0.15) is 0 Å². The molecule has 1 aliphatic rings. The van der Waals surface area contributed by atoms with Crippen LogP contribution in [0.25, 0.3) is 0 Å². The van der Waals surface area contributed by atoms with Crippen molar-refractivity contribution in [1.29, 1.82) is 0 Å². The van der Waals surface area contributed by atoms with Gasteiger partial charge in [-0.2, -0.15) is 0 Å². The molecule has 30 heavy (non-hydrogen) atoms. The molecule has 1 aliphatic heterocycles. The first kappa shape index (κ1) is 22.0. The summed E-state index contributed by atoms with van der Waals surface area (Å²) in [5.74, 6) is 2.52. The van der Waals surface area contributed by atoms with Gasteiger partial charge in [-0.3, -0.25) is 4.99 Å². The SMILES string of the molecule is CCOc1cc(NC(=NC)NCC2CCCOC2c2ccc(C)cc2)ccc1OC. The normalized spacial score (nSPS) is 19.3. The Hall–Kier alpha value is -2.73. The second-order valence-electron chi connectivity index (χ2n) is 7.48. The smallest absolute Gasteiger partial charge is 0.195 e. The van der Waals surface area contributed by atoms with Crippen LogP contribution in [0.3, 0.4) is 0 Å². The van der Waals surface area contributed by atoms with E-state index in [1.165, 1.54) is 11.1 Å². The molecule has 0 bridgehead atoms. The molecule has 0 radical (unpaired) electrons. The summed E-state index contributed by atoms with van der Waals surface area (Å²) in [6.45, 7) is 6.24. The van der Waals surface area contributed by atoms with Gasteiger partial charge < -0.3 is 24.8 Å². The van der Waals surface area contributed by atoms with Crippen molar-refractivity contribution < 1.29 is 14.2 Å². The summed E-state index contributed by atoms with van der Waals surface area (Å²) in [7, 11) is 3.42. The van der Waals surface area contributed by atoms with Gasteiger partial charge in [-0.15, -0.1) is 0 Å². The van der Waals surface area contributed by atoms with E-state index in [4.69, 9.17) is 14.2 Å². The highest BCUT2D eigenvalue weighted by Gasteiger charge is 2.27. The Kier molecular flexibility index (Phi) is 7.97. The van der Waals surface area contributed by atoms with E-state index < -0.39 is 0 Å². The van der Waals surface area contributed by atoms with Gasteiger partial charge in [-0.1, -0.05) is 29.8 Å². The minimum Gasteiger partial charge on any atom is -0.493 e. The average Bonchev–Trinajstić information content (AvgIpc) is 2.78. The summed E-state index contributed by atoms with van der Waals surface area (Å²) in [6.07, 6.45) is 2.31. The molecule has 2 aromatic carbocycles. The molecule has 6 nitrogen and oxygen atoms in total. The molecule has 0 aliphatic carbocycles. The molecule has 0 saturated carbocycles. The minimum atomic E-state index is 0.107. The molecule has 0 amide bonds. The second kappa shape index (κ2) is 10.9. The Morgan fingerprint density at radius 2 is 1.97 bits per heavy atom. The number of nitrogens with one attached hydrogen (secondary N) is 2. The highest BCUT2D eigenvalue weighted by atomic mass is 16.5. The first-order valence-electron chi connectivity index (χ1n) is 10.6. The molecule has 1 fully saturated rings. The quantitative estimate of drug-likeness (QED) is 0.517. The number of guanidine groups is 1. The Morgan fingerprint density at radius 1 is 1.17 bits per heavy atom. The Morgan fingerprint density at radius 3 is 2.67 bits per heavy atom. The standard InChI is InChI=1S/C24H33N3O3/c1-5-29-22-15-20(12-13-21(22)28-4)27-24(25-3)26-16-19-7-6-14-30-23(19)18-10-8-17(2)9-11-18/h8-13,15,19,23H,5-7,14,16H2,1-4H3,(H2,25,26,27). The van der Waals surface area contributed by atoms with E-state index in [1.807, 2.05) is 25.1 Å². The predicted molar refractivity (Wildman–Crippen MR) is 122 cm³/mol. The fourth-order valence-electron chi connectivity index (χ4n) is 3.74. The number of aliphatic imine (C=N–C) groups is 1. The topological polar surface area (TPSA) is 64.1 Å². The van der Waals surface area contributed by atoms with E-state index in [9.17, 15) is 0 Å². The largest absolute Gasteiger partial charge is 0.493 e. The lowest BCUT2D eigenvalue weighted by Crippen LogP contribution is -2.38. The second-order valence-corrected chi connectivity index (χ2v) is 7.48. The molecule has 1 saturated heterocycles. The lowest BCUT2D eigenvalue weighted by atomic mass is 9.89. The van der Waals surface area contributed by atoms with Crippen molar-refractivity contribution >= 4 is 11.6 Å². The van der Waals surface area contributed by atoms with E-state index in [2.05, 4.69) is 46.8 Å². The van der Waals surface area contributed by atoms with Crippen molar-refractivity contribution in [2.24, 2.45) is 10.9 Å². The third-order valence-corrected chi connectivity index (χ3v) is 5.33. The minimum absolute atomic E-state index is 0.107. The van der Waals surface area contributed by atoms with Gasteiger partial charge in [0.2, 0.25) is 0 Å². The summed E-state index contributed by atoms with van der Waals surface area (Å²) >= 11 is 0. The molecule has 1 heterocycles. The molecule has 3 rings (SSSR count). The van der Waals surface area contributed by atoms with Crippen LogP contribution < -0.4 is 20.1 Å². The third kappa shape index (κ3) is 5.66. The highest BCUT2D eigenvalue weighted by molar-refractivity contribution is 5.93. The first-order chi connectivity index (χ1) is 14.6. The molecule has 6 heteroatoms. The van der Waals surface area contributed by atoms with Crippen LogP contribution in [0.15, 0.2) is 47.5 Å². The summed E-state index contributed by atoms with van der Waals surface area (Å²) < 4.78 is 17.2. The van der Waals surface area contributed by atoms with Crippen molar-refractivity contribution in [1.82, 2.24) is 5.32 Å². The van der Waals surface area contributed by atoms with Crippen LogP contribution in [0, 0.1) is 12.8 Å². The predicted octanol–water partition coefficient (Wildman–Crippen LogP) is 4.56. The van der Waals surface area contributed by atoms with Gasteiger partial charge in [-0.05, 0) is 44.4 Å². The zero-order valence-corrected chi connectivity index (χ0v) is 18.4. The monoisotopic (exact) mass is 411 g/mol. The summed E-state index contributed by atoms with van der Waals surface area (Å²) in [5.41, 5.74) is 3.40. The first-order valence-corrected chi connectivity index (χ1v) is 10.6. The number of ether oxygens (including phenoxy) is 3. The highest BCUT2D eigenvalue weighted by Crippen LogP contribution is 2.33. The average molecular weight is 412 g/mol. The van der Waals surface area contributed by atoms with Gasteiger partial charge in [0, 0.05) is 37.9 Å². The van der Waals surface area contributed by atoms with E-state index >= 15 is 0 Å². The van der Waals surface area contributed by atoms with Crippen LogP contribution in [0.5, 0.6) is 11.5 Å². The number of aryl methyl sites for hydroxylation is 1. The molecule has 2 atom stereocenters. The number of hydrogen-bond donors (Lipinski definition) is 2. The van der Waals surface area contributed by atoms with E-state index in [-0.39, 0.29) is 6.10 Å². The third-order valence-electron chi connectivity index (χ3n) is 5.33. The molecule has 2 N–H and O–H groups in total. The van der Waals surface area contributed by atoms with Gasteiger partial charge in [0.15, 0.2) is 17.5 Å². The van der Waals surface area contributed by atoms with E-state index in [0.29, 0.717) is 24.0 Å². The van der Waals surface area contributed by atoms with E-state index in [0.717, 1.165) is 37.6 Å². The number of anilines is 1. The van der Waals surface area contributed by atoms with Crippen molar-refractivity contribution in [3.63, 3.8) is 0 Å². The maximum atomic E-state index is 6.14. The molecular formula is C24H33N3O3. The van der Waals surface area contributed by atoms with Crippen LogP contribution in [0.4, 0.5) is 5.69 Å². The number of rotatable bonds is 7. The summed E-state index contributed by atoms with van der Waals surface area (Å²) in [4.78, 5) is 4.38. The molecular weight excluding hydrogens is 378 g/mol. The number of nitrogens with zero attached hydrogens (tertiary/aromatic N) is 1. The maximum absolute atomic E-state index is 6.14. The number of benzene rings is 2. The molecule has 0 aromatic heterocycles. The van der Waals surface area contributed by atoms with Crippen LogP contribution in [0.1, 0.15) is 37.0 Å². The van der Waals surface area contributed by atoms with Crippen molar-refractivity contribution in [2.75, 3.05) is 39.2 Å². The van der Waals surface area contributed by atoms with Crippen LogP contribution >= 0.6 is 0 Å². The summed E-state index contributed by atoms with van der Waals surface area (Å²) in [6, 6.07) is 14.4. The zero-order chi connectivity index (χ0) is 21.3. The molecule has 2 aromatic rings. The molecule has 162 valence electrons. The number of methoxy groups -OCH3 is 1. The van der Waals surface area contributed by atoms with Gasteiger partial charge in [-0.25, -0.2) is 0 Å². The van der Waals surface area contributed by atoms with Gasteiger partial charge in [0.25, 0.3) is 0 Å². The van der Waals surface area contributed by atoms with E-state index in [1.54, 1.807) is 14.2 Å². The zero-order valence-electron chi connectivity index (χ0n) is 18.4. The van der Waals surface area contributed by atoms with Crippen LogP contribution in [-0.2, 0) is 4.74 Å². The summed E-state index contributed by atoms with van der Waals surface area (Å²) in [5, 5.41) is 6.81. The van der Waals surface area contributed by atoms with Crippen molar-refractivity contribution in [2.45, 2.75) is 32.8 Å². The lowest BCUT2D eigenvalue weighted by molar-refractivity contribution is -0.0264. The van der Waals surface area contributed by atoms with Crippen molar-refractivity contribution in [3.8, 4) is 11.5 Å². The molecule has 0 spiro atoms. The Bertz CT molecular complexity index is 836. The van der Waals surface area contributed by atoms with Crippen molar-refractivity contribution in [3.05, 3.63) is 53.6 Å². The Balaban J connectivity index is 1.64. The lowest BCUT2D eigenvalue weighted by Gasteiger charge is -2.32. The fraction of sp³-hybridized carbons (Fsp3) is 0.458. The Labute approximate surface area is 179 Å². The molecule has 2 unspecified atom stereocenters. The van der Waals surface area contributed by atoms with Crippen LogP contribution in [-0.4, -0.2) is 39.9 Å². The van der Waals surface area contributed by atoms with Crippen LogP contribution in [0.2, 0.25) is 0 Å². The fourth-order valence-corrected chi connectivity index (χ4v) is 3.74. The van der Waals surface area contributed by atoms with Gasteiger partial charge in [0.05, 0.1) is 19.8 Å². The van der Waals surface area contributed by atoms with Gasteiger partial charge >= 0.3 is 0 Å².